The summed E-state index contributed by atoms with van der Waals surface area (Å²) in [5.74, 6) is 0.688. The van der Waals surface area contributed by atoms with Crippen LogP contribution in [-0.4, -0.2) is 15.0 Å². The first-order chi connectivity index (χ1) is 7.84. The van der Waals surface area contributed by atoms with E-state index in [9.17, 15) is 8.42 Å². The van der Waals surface area contributed by atoms with E-state index in [4.69, 9.17) is 15.1 Å². The molecule has 1 aromatic rings. The number of hydrogen-bond acceptors (Lipinski definition) is 4. The van der Waals surface area contributed by atoms with E-state index in [2.05, 4.69) is 0 Å². The first-order valence-electron chi connectivity index (χ1n) is 5.04. The summed E-state index contributed by atoms with van der Waals surface area (Å²) in [4.78, 5) is -0.0917. The van der Waals surface area contributed by atoms with Crippen molar-refractivity contribution in [3.8, 4) is 11.8 Å². The molecule has 17 heavy (non-hydrogen) atoms. The molecular formula is C11H14N2O3S. The van der Waals surface area contributed by atoms with Crippen LogP contribution in [0.4, 0.5) is 0 Å². The van der Waals surface area contributed by atoms with E-state index in [0.717, 1.165) is 0 Å². The quantitative estimate of drug-likeness (QED) is 0.874. The molecule has 5 nitrogen and oxygen atoms in total. The zero-order valence-corrected chi connectivity index (χ0v) is 10.5. The summed E-state index contributed by atoms with van der Waals surface area (Å²) >= 11 is 0. The highest BCUT2D eigenvalue weighted by atomic mass is 32.2. The lowest BCUT2D eigenvalue weighted by Gasteiger charge is -2.10. The van der Waals surface area contributed by atoms with E-state index in [0.29, 0.717) is 18.3 Å². The van der Waals surface area contributed by atoms with Crippen LogP contribution in [0.5, 0.6) is 5.75 Å². The Labute approximate surface area is 101 Å². The van der Waals surface area contributed by atoms with E-state index in [1.165, 1.54) is 18.2 Å². The zero-order chi connectivity index (χ0) is 13.1. The van der Waals surface area contributed by atoms with Crippen LogP contribution in [0.25, 0.3) is 0 Å². The number of benzene rings is 1. The highest BCUT2D eigenvalue weighted by Crippen LogP contribution is 2.21. The largest absolute Gasteiger partial charge is 0.492 e. The predicted octanol–water partition coefficient (Wildman–Crippen LogP) is 1.24. The van der Waals surface area contributed by atoms with Gasteiger partial charge in [0.05, 0.1) is 17.1 Å². The minimum atomic E-state index is -3.79. The Bertz CT molecular complexity index is 544. The highest BCUT2D eigenvalue weighted by Gasteiger charge is 2.12. The van der Waals surface area contributed by atoms with Crippen molar-refractivity contribution in [3.05, 3.63) is 23.8 Å². The third-order valence-corrected chi connectivity index (χ3v) is 2.88. The highest BCUT2D eigenvalue weighted by molar-refractivity contribution is 7.89. The van der Waals surface area contributed by atoms with Gasteiger partial charge in [-0.15, -0.1) is 0 Å². The van der Waals surface area contributed by atoms with Gasteiger partial charge in [-0.05, 0) is 24.1 Å². The monoisotopic (exact) mass is 254 g/mol. The first-order valence-corrected chi connectivity index (χ1v) is 6.59. The van der Waals surface area contributed by atoms with E-state index in [-0.39, 0.29) is 10.5 Å². The molecule has 0 unspecified atom stereocenters. The second-order valence-electron chi connectivity index (χ2n) is 4.02. The van der Waals surface area contributed by atoms with Gasteiger partial charge in [0.1, 0.15) is 11.8 Å². The van der Waals surface area contributed by atoms with Gasteiger partial charge in [0, 0.05) is 0 Å². The summed E-state index contributed by atoms with van der Waals surface area (Å²) in [6, 6.07) is 5.87. The molecule has 0 saturated heterocycles. The summed E-state index contributed by atoms with van der Waals surface area (Å²) in [5.41, 5.74) is 0.164. The number of sulfonamides is 1. The van der Waals surface area contributed by atoms with Crippen molar-refractivity contribution in [1.29, 1.82) is 5.26 Å². The van der Waals surface area contributed by atoms with Crippen molar-refractivity contribution >= 4 is 10.0 Å². The molecule has 0 bridgehead atoms. The van der Waals surface area contributed by atoms with Gasteiger partial charge in [-0.1, -0.05) is 13.8 Å². The Hall–Kier alpha value is -1.58. The molecule has 0 amide bonds. The van der Waals surface area contributed by atoms with Gasteiger partial charge in [-0.25, -0.2) is 13.6 Å². The molecule has 2 N–H and O–H groups in total. The fourth-order valence-electron chi connectivity index (χ4n) is 1.16. The van der Waals surface area contributed by atoms with Crippen LogP contribution in [0.3, 0.4) is 0 Å². The molecule has 0 aliphatic carbocycles. The van der Waals surface area contributed by atoms with Crippen LogP contribution >= 0.6 is 0 Å². The number of nitrogens with two attached hydrogens (primary N) is 1. The van der Waals surface area contributed by atoms with Gasteiger partial charge in [0.15, 0.2) is 0 Å². The average Bonchev–Trinajstić information content (AvgIpc) is 2.24. The van der Waals surface area contributed by atoms with Crippen molar-refractivity contribution in [2.24, 2.45) is 11.1 Å². The summed E-state index contributed by atoms with van der Waals surface area (Å²) in [7, 11) is -3.79. The van der Waals surface area contributed by atoms with Crippen LogP contribution in [0.2, 0.25) is 0 Å². The second kappa shape index (κ2) is 5.17. The standard InChI is InChI=1S/C11H14N2O3S/c1-8(2)7-16-11-4-3-10(17(13,14)15)5-9(11)6-12/h3-5,8H,7H2,1-2H3,(H2,13,14,15). The maximum absolute atomic E-state index is 11.1. The van der Waals surface area contributed by atoms with Crippen LogP contribution < -0.4 is 9.88 Å². The van der Waals surface area contributed by atoms with E-state index >= 15 is 0 Å². The summed E-state index contributed by atoms with van der Waals surface area (Å²) in [6.07, 6.45) is 0. The van der Waals surface area contributed by atoms with Gasteiger partial charge in [-0.2, -0.15) is 5.26 Å². The number of primary sulfonamides is 1. The van der Waals surface area contributed by atoms with Crippen molar-refractivity contribution in [2.45, 2.75) is 18.7 Å². The molecule has 0 spiro atoms. The Kier molecular flexibility index (Phi) is 4.10. The molecule has 0 aromatic heterocycles. The summed E-state index contributed by atoms with van der Waals surface area (Å²) in [5, 5.41) is 13.9. The molecule has 1 rings (SSSR count). The average molecular weight is 254 g/mol. The maximum Gasteiger partial charge on any atom is 0.238 e. The Morgan fingerprint density at radius 1 is 1.47 bits per heavy atom. The van der Waals surface area contributed by atoms with Crippen LogP contribution in [0, 0.1) is 17.2 Å². The molecule has 0 heterocycles. The molecule has 1 aromatic carbocycles. The SMILES string of the molecule is CC(C)COc1ccc(S(N)(=O)=O)cc1C#N. The normalized spacial score (nSPS) is 11.2. The zero-order valence-electron chi connectivity index (χ0n) is 9.67. The topological polar surface area (TPSA) is 93.2 Å². The number of hydrogen-bond donors (Lipinski definition) is 1. The molecule has 0 saturated carbocycles. The van der Waals surface area contributed by atoms with Crippen LogP contribution in [0.15, 0.2) is 23.1 Å². The third-order valence-electron chi connectivity index (χ3n) is 1.97. The van der Waals surface area contributed by atoms with Gasteiger partial charge >= 0.3 is 0 Å². The Morgan fingerprint density at radius 2 is 2.12 bits per heavy atom. The van der Waals surface area contributed by atoms with Gasteiger partial charge < -0.3 is 4.74 Å². The molecule has 0 aliphatic heterocycles. The third kappa shape index (κ3) is 3.73. The summed E-state index contributed by atoms with van der Waals surface area (Å²) < 4.78 is 27.6. The van der Waals surface area contributed by atoms with Crippen LogP contribution in [0.1, 0.15) is 19.4 Å². The van der Waals surface area contributed by atoms with Gasteiger partial charge in [0.2, 0.25) is 10.0 Å². The number of ether oxygens (including phenoxy) is 1. The number of nitrogens with zero attached hydrogens (tertiary/aromatic N) is 1. The first kappa shape index (κ1) is 13.5. The second-order valence-corrected chi connectivity index (χ2v) is 5.58. The lowest BCUT2D eigenvalue weighted by atomic mass is 10.2. The van der Waals surface area contributed by atoms with Crippen molar-refractivity contribution in [2.75, 3.05) is 6.61 Å². The number of nitriles is 1. The predicted molar refractivity (Wildman–Crippen MR) is 62.9 cm³/mol. The summed E-state index contributed by atoms with van der Waals surface area (Å²) in [6.45, 7) is 4.42. The Morgan fingerprint density at radius 3 is 2.59 bits per heavy atom. The molecule has 0 fully saturated rings. The van der Waals surface area contributed by atoms with E-state index in [1.807, 2.05) is 19.9 Å². The number of rotatable bonds is 4. The minimum absolute atomic E-state index is 0.0917. The molecule has 92 valence electrons. The minimum Gasteiger partial charge on any atom is -0.492 e. The van der Waals surface area contributed by atoms with Gasteiger partial charge in [0.25, 0.3) is 0 Å². The van der Waals surface area contributed by atoms with Crippen molar-refractivity contribution in [3.63, 3.8) is 0 Å². The van der Waals surface area contributed by atoms with Crippen molar-refractivity contribution in [1.82, 2.24) is 0 Å². The Balaban J connectivity index is 3.07. The smallest absolute Gasteiger partial charge is 0.238 e. The lowest BCUT2D eigenvalue weighted by Crippen LogP contribution is -2.12. The molecular weight excluding hydrogens is 240 g/mol. The molecule has 0 atom stereocenters. The molecule has 6 heteroatoms. The maximum atomic E-state index is 11.1. The van der Waals surface area contributed by atoms with E-state index in [1.54, 1.807) is 0 Å². The van der Waals surface area contributed by atoms with Gasteiger partial charge in [-0.3, -0.25) is 0 Å². The van der Waals surface area contributed by atoms with E-state index < -0.39 is 10.0 Å². The molecule has 0 aliphatic rings. The van der Waals surface area contributed by atoms with Crippen molar-refractivity contribution < 1.29 is 13.2 Å². The molecule has 0 radical (unpaired) electrons. The fourth-order valence-corrected chi connectivity index (χ4v) is 1.70. The fraction of sp³-hybridized carbons (Fsp3) is 0.364. The lowest BCUT2D eigenvalue weighted by molar-refractivity contribution is 0.270. The van der Waals surface area contributed by atoms with Crippen LogP contribution in [-0.2, 0) is 10.0 Å².